The normalized spacial score (nSPS) is 47.2. The molecule has 0 aliphatic heterocycles. The average molecular weight is 332 g/mol. The van der Waals surface area contributed by atoms with Crippen LogP contribution in [0.25, 0.3) is 0 Å². The van der Waals surface area contributed by atoms with Gasteiger partial charge in [-0.25, -0.2) is 4.79 Å². The van der Waals surface area contributed by atoms with Crippen molar-refractivity contribution in [2.24, 2.45) is 28.6 Å². The van der Waals surface area contributed by atoms with E-state index in [9.17, 15) is 9.59 Å². The van der Waals surface area contributed by atoms with Gasteiger partial charge in [0.05, 0.1) is 0 Å². The number of ether oxygens (including phenoxy) is 1. The maximum Gasteiger partial charge on any atom is 0.506 e. The molecule has 1 N–H and O–H groups in total. The van der Waals surface area contributed by atoms with E-state index in [1.165, 1.54) is 5.57 Å². The number of carbonyl (C=O) groups is 2. The van der Waals surface area contributed by atoms with Crippen molar-refractivity contribution in [3.63, 3.8) is 0 Å². The topological polar surface area (TPSA) is 63.6 Å². The van der Waals surface area contributed by atoms with Crippen LogP contribution in [-0.4, -0.2) is 23.1 Å². The van der Waals surface area contributed by atoms with E-state index in [1.54, 1.807) is 0 Å². The highest BCUT2D eigenvalue weighted by Crippen LogP contribution is 2.65. The van der Waals surface area contributed by atoms with E-state index in [-0.39, 0.29) is 16.9 Å². The van der Waals surface area contributed by atoms with Crippen molar-refractivity contribution >= 4 is 11.9 Å². The number of hydrogen-bond acceptors (Lipinski definition) is 3. The zero-order valence-electron chi connectivity index (χ0n) is 14.7. The lowest BCUT2D eigenvalue weighted by Gasteiger charge is -2.57. The van der Waals surface area contributed by atoms with E-state index < -0.39 is 6.16 Å². The van der Waals surface area contributed by atoms with Gasteiger partial charge in [-0.2, -0.15) is 0 Å². The lowest BCUT2D eigenvalue weighted by molar-refractivity contribution is -0.118. The second-order valence-electron chi connectivity index (χ2n) is 8.96. The molecule has 4 aliphatic carbocycles. The summed E-state index contributed by atoms with van der Waals surface area (Å²) in [5, 5.41) is 9.07. The number of ketones is 1. The second-order valence-corrected chi connectivity index (χ2v) is 8.96. The highest BCUT2D eigenvalue weighted by molar-refractivity contribution is 5.91. The Bertz CT molecular complexity index is 609. The van der Waals surface area contributed by atoms with Gasteiger partial charge < -0.3 is 9.84 Å². The highest BCUT2D eigenvalue weighted by atomic mass is 16.7. The predicted molar refractivity (Wildman–Crippen MR) is 89.6 cm³/mol. The Morgan fingerprint density at radius 1 is 1.12 bits per heavy atom. The Morgan fingerprint density at radius 2 is 1.92 bits per heavy atom. The van der Waals surface area contributed by atoms with Crippen LogP contribution in [0, 0.1) is 28.6 Å². The van der Waals surface area contributed by atoms with Crippen LogP contribution in [0.3, 0.4) is 0 Å². The van der Waals surface area contributed by atoms with Gasteiger partial charge in [-0.1, -0.05) is 19.4 Å². The molecular formula is C20H28O4. The van der Waals surface area contributed by atoms with Crippen LogP contribution in [-0.2, 0) is 9.53 Å². The van der Waals surface area contributed by atoms with Gasteiger partial charge in [0, 0.05) is 11.8 Å². The Morgan fingerprint density at radius 3 is 2.67 bits per heavy atom. The summed E-state index contributed by atoms with van der Waals surface area (Å²) in [6, 6.07) is 0. The summed E-state index contributed by atoms with van der Waals surface area (Å²) in [6.07, 6.45) is 8.70. The van der Waals surface area contributed by atoms with Crippen molar-refractivity contribution in [1.82, 2.24) is 0 Å². The molecule has 0 aromatic rings. The average Bonchev–Trinajstić information content (AvgIpc) is 2.84. The molecule has 0 amide bonds. The first-order chi connectivity index (χ1) is 11.3. The van der Waals surface area contributed by atoms with Crippen LogP contribution in [0.15, 0.2) is 11.6 Å². The number of fused-ring (bicyclic) bond motifs is 5. The first-order valence-corrected chi connectivity index (χ1v) is 9.48. The van der Waals surface area contributed by atoms with E-state index in [1.807, 2.05) is 6.08 Å². The maximum atomic E-state index is 11.9. The van der Waals surface area contributed by atoms with E-state index in [0.717, 1.165) is 44.9 Å². The van der Waals surface area contributed by atoms with Crippen LogP contribution in [0.1, 0.15) is 65.2 Å². The molecule has 0 bridgehead atoms. The van der Waals surface area contributed by atoms with E-state index in [4.69, 9.17) is 9.84 Å². The molecule has 24 heavy (non-hydrogen) atoms. The predicted octanol–water partition coefficient (Wildman–Crippen LogP) is 4.58. The van der Waals surface area contributed by atoms with Gasteiger partial charge in [0.1, 0.15) is 6.10 Å². The fraction of sp³-hybridized carbons (Fsp3) is 0.800. The molecule has 132 valence electrons. The van der Waals surface area contributed by atoms with Crippen molar-refractivity contribution < 1.29 is 19.4 Å². The van der Waals surface area contributed by atoms with Crippen molar-refractivity contribution in [3.05, 3.63) is 11.6 Å². The molecule has 4 heteroatoms. The SMILES string of the molecule is C[C@]12CCC(=O)C=C1CC[C@@H]1[C@@H]2CC[C@]2(C)C(OC(=O)O)CC[C@@H]12. The third kappa shape index (κ3) is 2.18. The number of rotatable bonds is 1. The van der Waals surface area contributed by atoms with Crippen LogP contribution in [0.4, 0.5) is 4.79 Å². The van der Waals surface area contributed by atoms with Gasteiger partial charge in [0.25, 0.3) is 0 Å². The van der Waals surface area contributed by atoms with Gasteiger partial charge in [-0.15, -0.1) is 0 Å². The summed E-state index contributed by atoms with van der Waals surface area (Å²) < 4.78 is 5.27. The summed E-state index contributed by atoms with van der Waals surface area (Å²) in [5.74, 6) is 2.17. The van der Waals surface area contributed by atoms with Crippen molar-refractivity contribution in [1.29, 1.82) is 0 Å². The summed E-state index contributed by atoms with van der Waals surface area (Å²) in [4.78, 5) is 22.9. The molecule has 0 heterocycles. The van der Waals surface area contributed by atoms with Crippen LogP contribution < -0.4 is 0 Å². The molecule has 0 aromatic carbocycles. The third-order valence-electron chi connectivity index (χ3n) is 8.12. The minimum absolute atomic E-state index is 0.00161. The summed E-state index contributed by atoms with van der Waals surface area (Å²) in [7, 11) is 0. The van der Waals surface area contributed by atoms with Crippen LogP contribution >= 0.6 is 0 Å². The summed E-state index contributed by atoms with van der Waals surface area (Å²) in [5.41, 5.74) is 1.57. The fourth-order valence-corrected chi connectivity index (χ4v) is 6.83. The summed E-state index contributed by atoms with van der Waals surface area (Å²) in [6.45, 7) is 4.64. The van der Waals surface area contributed by atoms with Crippen LogP contribution in [0.2, 0.25) is 0 Å². The molecule has 4 nitrogen and oxygen atoms in total. The second kappa shape index (κ2) is 5.34. The first kappa shape index (κ1) is 16.2. The molecule has 3 saturated carbocycles. The molecule has 0 saturated heterocycles. The van der Waals surface area contributed by atoms with Gasteiger partial charge in [0.15, 0.2) is 5.78 Å². The summed E-state index contributed by atoms with van der Waals surface area (Å²) >= 11 is 0. The molecular weight excluding hydrogens is 304 g/mol. The molecule has 0 radical (unpaired) electrons. The number of hydrogen-bond donors (Lipinski definition) is 1. The van der Waals surface area contributed by atoms with E-state index >= 15 is 0 Å². The van der Waals surface area contributed by atoms with Crippen molar-refractivity contribution in [2.45, 2.75) is 71.3 Å². The Balaban J connectivity index is 1.62. The maximum absolute atomic E-state index is 11.9. The quantitative estimate of drug-likeness (QED) is 0.714. The molecule has 4 rings (SSSR count). The van der Waals surface area contributed by atoms with Crippen molar-refractivity contribution in [3.8, 4) is 0 Å². The Kier molecular flexibility index (Phi) is 3.59. The van der Waals surface area contributed by atoms with Gasteiger partial charge >= 0.3 is 6.16 Å². The molecule has 6 atom stereocenters. The van der Waals surface area contributed by atoms with Gasteiger partial charge in [0.2, 0.25) is 0 Å². The highest BCUT2D eigenvalue weighted by Gasteiger charge is 2.59. The molecule has 1 unspecified atom stereocenters. The monoisotopic (exact) mass is 332 g/mol. The van der Waals surface area contributed by atoms with Crippen LogP contribution in [0.5, 0.6) is 0 Å². The van der Waals surface area contributed by atoms with Crippen molar-refractivity contribution in [2.75, 3.05) is 0 Å². The zero-order valence-corrected chi connectivity index (χ0v) is 14.7. The standard InChI is InChI=1S/C20H28O4/c1-19-9-7-13(21)11-12(19)3-4-14-15-5-6-17(24-18(22)23)20(15,2)10-8-16(14)19/h11,14-17H,3-10H2,1-2H3,(H,22,23)/t14-,15-,16-,17?,19-,20-/m0/s1. The number of carboxylic acid groups (broad SMARTS) is 1. The fourth-order valence-electron chi connectivity index (χ4n) is 6.83. The molecule has 4 aliphatic rings. The number of carbonyl (C=O) groups excluding carboxylic acids is 1. The Labute approximate surface area is 143 Å². The smallest absolute Gasteiger partial charge is 0.450 e. The van der Waals surface area contributed by atoms with Gasteiger partial charge in [-0.05, 0) is 74.2 Å². The largest absolute Gasteiger partial charge is 0.506 e. The minimum atomic E-state index is -1.13. The lowest BCUT2D eigenvalue weighted by atomic mass is 9.47. The minimum Gasteiger partial charge on any atom is -0.450 e. The molecule has 0 aromatic heterocycles. The van der Waals surface area contributed by atoms with Gasteiger partial charge in [-0.3, -0.25) is 4.79 Å². The molecule has 3 fully saturated rings. The third-order valence-corrected chi connectivity index (χ3v) is 8.12. The van der Waals surface area contributed by atoms with E-state index in [2.05, 4.69) is 13.8 Å². The van der Waals surface area contributed by atoms with E-state index in [0.29, 0.717) is 30.0 Å². The zero-order chi connectivity index (χ0) is 17.1. The number of allylic oxidation sites excluding steroid dienone is 1. The first-order valence-electron chi connectivity index (χ1n) is 9.48. The Hall–Kier alpha value is -1.32. The lowest BCUT2D eigenvalue weighted by Crippen LogP contribution is -2.51. The molecule has 0 spiro atoms.